The normalized spacial score (nSPS) is 21.0. The van der Waals surface area contributed by atoms with E-state index in [1.54, 1.807) is 6.20 Å². The number of nitrogens with zero attached hydrogens (tertiary/aromatic N) is 5. The summed E-state index contributed by atoms with van der Waals surface area (Å²) in [6.45, 7) is 6.79. The van der Waals surface area contributed by atoms with Crippen molar-refractivity contribution in [3.63, 3.8) is 0 Å². The van der Waals surface area contributed by atoms with Crippen LogP contribution in [0.2, 0.25) is 0 Å². The summed E-state index contributed by atoms with van der Waals surface area (Å²) >= 11 is 1.38. The first kappa shape index (κ1) is 24.1. The molecule has 6 rings (SSSR count). The molecule has 0 bridgehead atoms. The zero-order chi connectivity index (χ0) is 25.2. The average molecular weight is 518 g/mol. The second-order valence-electron chi connectivity index (χ2n) is 9.69. The fourth-order valence-electron chi connectivity index (χ4n) is 5.58. The van der Waals surface area contributed by atoms with Gasteiger partial charge in [-0.05, 0) is 23.8 Å². The number of piperazine rings is 1. The van der Waals surface area contributed by atoms with Gasteiger partial charge in [-0.3, -0.25) is 14.5 Å². The Balaban J connectivity index is 1.14. The molecule has 4 heterocycles. The highest BCUT2D eigenvalue weighted by atomic mass is 32.1. The van der Waals surface area contributed by atoms with Crippen LogP contribution in [0.25, 0.3) is 11.1 Å². The van der Waals surface area contributed by atoms with E-state index < -0.39 is 0 Å². The number of hydrogen-bond acceptors (Lipinski definition) is 7. The van der Waals surface area contributed by atoms with E-state index >= 15 is 0 Å². The number of para-hydroxylation sites is 1. The van der Waals surface area contributed by atoms with Crippen molar-refractivity contribution in [1.29, 1.82) is 0 Å². The maximum Gasteiger partial charge on any atom is 0.282 e. The number of ether oxygens (including phenoxy) is 1. The van der Waals surface area contributed by atoms with E-state index in [1.165, 1.54) is 22.6 Å². The first-order valence-corrected chi connectivity index (χ1v) is 13.8. The van der Waals surface area contributed by atoms with Crippen LogP contribution in [-0.2, 0) is 9.53 Å². The molecule has 2 aromatic carbocycles. The van der Waals surface area contributed by atoms with Crippen molar-refractivity contribution in [3.05, 3.63) is 65.1 Å². The number of benzene rings is 2. The highest BCUT2D eigenvalue weighted by Gasteiger charge is 2.36. The van der Waals surface area contributed by atoms with E-state index in [9.17, 15) is 9.59 Å². The van der Waals surface area contributed by atoms with Crippen LogP contribution in [0.5, 0.6) is 0 Å². The Kier molecular flexibility index (Phi) is 6.91. The minimum absolute atomic E-state index is 0.00736. The Bertz CT molecular complexity index is 1250. The summed E-state index contributed by atoms with van der Waals surface area (Å²) in [5, 5.41) is 2.38. The molecule has 0 saturated carbocycles. The van der Waals surface area contributed by atoms with Crippen molar-refractivity contribution in [2.75, 3.05) is 68.8 Å². The first-order chi connectivity index (χ1) is 18.2. The fraction of sp³-hybridized carbons (Fsp3) is 0.393. The Morgan fingerprint density at radius 2 is 1.78 bits per heavy atom. The van der Waals surface area contributed by atoms with Crippen LogP contribution in [0, 0.1) is 0 Å². The molecule has 0 spiro atoms. The lowest BCUT2D eigenvalue weighted by atomic mass is 10.0. The number of amides is 2. The molecule has 0 radical (unpaired) electrons. The monoisotopic (exact) mass is 517 g/mol. The third kappa shape index (κ3) is 4.99. The SMILES string of the molecule is O=C(c1nccs1)N1CCN(C2CC(=O)N(c3cccc(-c4ccccc4N4CCOCC4)c3)C2)CC1. The summed E-state index contributed by atoms with van der Waals surface area (Å²) in [7, 11) is 0. The van der Waals surface area contributed by atoms with Gasteiger partial charge in [0.25, 0.3) is 5.91 Å². The molecule has 9 heteroatoms. The summed E-state index contributed by atoms with van der Waals surface area (Å²) < 4.78 is 5.55. The van der Waals surface area contributed by atoms with Crippen LogP contribution in [0.4, 0.5) is 11.4 Å². The molecule has 1 unspecified atom stereocenters. The molecule has 192 valence electrons. The fourth-order valence-corrected chi connectivity index (χ4v) is 6.18. The third-order valence-electron chi connectivity index (χ3n) is 7.56. The van der Waals surface area contributed by atoms with Crippen molar-refractivity contribution >= 4 is 34.5 Å². The Hall–Kier alpha value is -3.27. The van der Waals surface area contributed by atoms with E-state index in [4.69, 9.17) is 4.74 Å². The quantitative estimate of drug-likeness (QED) is 0.518. The Morgan fingerprint density at radius 1 is 0.973 bits per heavy atom. The van der Waals surface area contributed by atoms with Crippen LogP contribution in [-0.4, -0.2) is 91.7 Å². The van der Waals surface area contributed by atoms with Crippen molar-refractivity contribution < 1.29 is 14.3 Å². The second-order valence-corrected chi connectivity index (χ2v) is 10.6. The number of hydrogen-bond donors (Lipinski definition) is 0. The Morgan fingerprint density at radius 3 is 2.57 bits per heavy atom. The number of thiazole rings is 1. The molecule has 3 aliphatic rings. The van der Waals surface area contributed by atoms with Crippen molar-refractivity contribution in [3.8, 4) is 11.1 Å². The highest BCUT2D eigenvalue weighted by molar-refractivity contribution is 7.11. The van der Waals surface area contributed by atoms with E-state index in [1.807, 2.05) is 27.3 Å². The predicted molar refractivity (Wildman–Crippen MR) is 145 cm³/mol. The van der Waals surface area contributed by atoms with E-state index in [-0.39, 0.29) is 17.9 Å². The standard InChI is InChI=1S/C28H31N5O3S/c34-26-19-23(30-9-11-32(12-10-30)28(35)27-29-8-17-37-27)20-33(26)22-5-3-4-21(18-22)24-6-1-2-7-25(24)31-13-15-36-16-14-31/h1-8,17-18,23H,9-16,19-20H2. The largest absolute Gasteiger partial charge is 0.378 e. The lowest BCUT2D eigenvalue weighted by molar-refractivity contribution is -0.117. The maximum absolute atomic E-state index is 13.1. The van der Waals surface area contributed by atoms with Crippen LogP contribution >= 0.6 is 11.3 Å². The summed E-state index contributed by atoms with van der Waals surface area (Å²) in [5.41, 5.74) is 4.44. The topological polar surface area (TPSA) is 69.2 Å². The van der Waals surface area contributed by atoms with Crippen molar-refractivity contribution in [2.45, 2.75) is 12.5 Å². The highest BCUT2D eigenvalue weighted by Crippen LogP contribution is 2.34. The smallest absolute Gasteiger partial charge is 0.282 e. The molecule has 3 saturated heterocycles. The van der Waals surface area contributed by atoms with E-state index in [0.29, 0.717) is 31.1 Å². The number of morpholine rings is 1. The lowest BCUT2D eigenvalue weighted by Gasteiger charge is -2.37. The molecule has 8 nitrogen and oxygen atoms in total. The van der Waals surface area contributed by atoms with Crippen LogP contribution in [0.15, 0.2) is 60.1 Å². The number of carbonyl (C=O) groups is 2. The molecule has 0 N–H and O–H groups in total. The van der Waals surface area contributed by atoms with Gasteiger partial charge in [0, 0.05) is 86.8 Å². The van der Waals surface area contributed by atoms with Crippen molar-refractivity contribution in [1.82, 2.24) is 14.8 Å². The third-order valence-corrected chi connectivity index (χ3v) is 8.32. The van der Waals surface area contributed by atoms with Gasteiger partial charge in [0.15, 0.2) is 5.01 Å². The molecule has 3 fully saturated rings. The van der Waals surface area contributed by atoms with Gasteiger partial charge in [-0.2, -0.15) is 0 Å². The van der Waals surface area contributed by atoms with Gasteiger partial charge >= 0.3 is 0 Å². The van der Waals surface area contributed by atoms with Crippen LogP contribution in [0.1, 0.15) is 16.2 Å². The number of anilines is 2. The molecular formula is C28H31N5O3S. The van der Waals surface area contributed by atoms with Gasteiger partial charge in [0.05, 0.1) is 13.2 Å². The summed E-state index contributed by atoms with van der Waals surface area (Å²) in [6, 6.07) is 17.0. The number of carbonyl (C=O) groups excluding carboxylic acids is 2. The molecule has 0 aliphatic carbocycles. The van der Waals surface area contributed by atoms with Gasteiger partial charge in [0.1, 0.15) is 0 Å². The molecule has 1 aromatic heterocycles. The molecule has 37 heavy (non-hydrogen) atoms. The molecule has 3 aliphatic heterocycles. The molecule has 3 aromatic rings. The Labute approximate surface area is 221 Å². The van der Waals surface area contributed by atoms with Gasteiger partial charge in [-0.25, -0.2) is 4.98 Å². The van der Waals surface area contributed by atoms with Crippen LogP contribution < -0.4 is 9.80 Å². The summed E-state index contributed by atoms with van der Waals surface area (Å²) in [6.07, 6.45) is 2.18. The maximum atomic E-state index is 13.1. The van der Waals surface area contributed by atoms with Gasteiger partial charge < -0.3 is 19.4 Å². The predicted octanol–water partition coefficient (Wildman–Crippen LogP) is 3.21. The van der Waals surface area contributed by atoms with Gasteiger partial charge in [-0.15, -0.1) is 11.3 Å². The van der Waals surface area contributed by atoms with E-state index in [0.717, 1.165) is 50.6 Å². The molecule has 2 amide bonds. The number of rotatable bonds is 5. The minimum Gasteiger partial charge on any atom is -0.378 e. The lowest BCUT2D eigenvalue weighted by Crippen LogP contribution is -2.52. The van der Waals surface area contributed by atoms with Gasteiger partial charge in [-0.1, -0.05) is 30.3 Å². The van der Waals surface area contributed by atoms with Crippen molar-refractivity contribution in [2.24, 2.45) is 0 Å². The zero-order valence-electron chi connectivity index (χ0n) is 20.8. The first-order valence-electron chi connectivity index (χ1n) is 12.9. The van der Waals surface area contributed by atoms with Crippen LogP contribution in [0.3, 0.4) is 0 Å². The summed E-state index contributed by atoms with van der Waals surface area (Å²) in [4.78, 5) is 38.5. The average Bonchev–Trinajstić information content (AvgIpc) is 3.64. The summed E-state index contributed by atoms with van der Waals surface area (Å²) in [5.74, 6) is 0.165. The number of aromatic nitrogens is 1. The molecular weight excluding hydrogens is 486 g/mol. The second kappa shape index (κ2) is 10.6. The zero-order valence-corrected chi connectivity index (χ0v) is 21.6. The van der Waals surface area contributed by atoms with Gasteiger partial charge in [0.2, 0.25) is 5.91 Å². The van der Waals surface area contributed by atoms with E-state index in [2.05, 4.69) is 51.2 Å². The molecule has 1 atom stereocenters. The minimum atomic E-state index is 0.00736.